The van der Waals surface area contributed by atoms with Crippen molar-refractivity contribution in [3.05, 3.63) is 64.2 Å². The minimum atomic E-state index is 0.0402. The first-order valence-electron chi connectivity index (χ1n) is 9.42. The molecule has 0 bridgehead atoms. The first-order chi connectivity index (χ1) is 13.3. The van der Waals surface area contributed by atoms with Crippen molar-refractivity contribution >= 4 is 17.4 Å². The molecule has 1 N–H and O–H groups in total. The molecule has 0 saturated carbocycles. The van der Waals surface area contributed by atoms with Gasteiger partial charge < -0.3 is 9.88 Å². The average molecular weight is 382 g/mol. The quantitative estimate of drug-likeness (QED) is 0.708. The molecular weight excluding hydrogens is 358 g/mol. The summed E-state index contributed by atoms with van der Waals surface area (Å²) in [6.07, 6.45) is 5.43. The summed E-state index contributed by atoms with van der Waals surface area (Å²) in [5, 5.41) is 4.15. The maximum Gasteiger partial charge on any atom is 0.267 e. The molecule has 1 aliphatic heterocycles. The third-order valence-corrected chi connectivity index (χ3v) is 5.83. The lowest BCUT2D eigenvalue weighted by atomic mass is 9.91. The fraction of sp³-hybridized carbons (Fsp3) is 0.400. The maximum atomic E-state index is 13.1. The van der Waals surface area contributed by atoms with Crippen LogP contribution in [0.5, 0.6) is 0 Å². The number of H-pyrrole nitrogens is 1. The highest BCUT2D eigenvalue weighted by Crippen LogP contribution is 2.31. The molecule has 0 radical (unpaired) electrons. The van der Waals surface area contributed by atoms with Crippen molar-refractivity contribution in [1.29, 1.82) is 0 Å². The molecule has 4 rings (SSSR count). The van der Waals surface area contributed by atoms with Crippen LogP contribution in [0.25, 0.3) is 0 Å². The van der Waals surface area contributed by atoms with Gasteiger partial charge in [0.2, 0.25) is 0 Å². The van der Waals surface area contributed by atoms with Crippen molar-refractivity contribution in [1.82, 2.24) is 24.5 Å². The van der Waals surface area contributed by atoms with Gasteiger partial charge in [-0.3, -0.25) is 4.79 Å². The Labute approximate surface area is 162 Å². The number of carbonyl (C=O) groups is 1. The second-order valence-electron chi connectivity index (χ2n) is 6.97. The highest BCUT2D eigenvalue weighted by atomic mass is 32.1. The van der Waals surface area contributed by atoms with E-state index in [9.17, 15) is 4.79 Å². The summed E-state index contributed by atoms with van der Waals surface area (Å²) in [6.45, 7) is 3.34. The smallest absolute Gasteiger partial charge is 0.267 e. The largest absolute Gasteiger partial charge is 0.347 e. The zero-order chi connectivity index (χ0) is 18.6. The van der Waals surface area contributed by atoms with Gasteiger partial charge in [0.1, 0.15) is 4.88 Å². The van der Waals surface area contributed by atoms with Crippen molar-refractivity contribution < 1.29 is 4.79 Å². The van der Waals surface area contributed by atoms with Gasteiger partial charge in [0.05, 0.1) is 30.0 Å². The topological polar surface area (TPSA) is 74.8 Å². The normalized spacial score (nSPS) is 16.3. The third kappa shape index (κ3) is 3.78. The van der Waals surface area contributed by atoms with Crippen molar-refractivity contribution in [3.63, 3.8) is 0 Å². The Balaban J connectivity index is 1.52. The van der Waals surface area contributed by atoms with Crippen LogP contribution in [0.1, 0.15) is 58.0 Å². The molecule has 140 valence electrons. The number of amides is 1. The zero-order valence-electron chi connectivity index (χ0n) is 15.4. The Bertz CT molecular complexity index is 904. The Morgan fingerprint density at radius 2 is 2.15 bits per heavy atom. The van der Waals surface area contributed by atoms with Crippen molar-refractivity contribution in [2.24, 2.45) is 0 Å². The van der Waals surface area contributed by atoms with Gasteiger partial charge >= 0.3 is 0 Å². The lowest BCUT2D eigenvalue weighted by molar-refractivity contribution is 0.0715. The Hall–Kier alpha value is -2.54. The van der Waals surface area contributed by atoms with Gasteiger partial charge in [0, 0.05) is 12.5 Å². The summed E-state index contributed by atoms with van der Waals surface area (Å²) < 4.78 is 4.01. The number of carbonyl (C=O) groups excluding carboxylic acids is 1. The second-order valence-corrected chi connectivity index (χ2v) is 7.73. The van der Waals surface area contributed by atoms with Crippen molar-refractivity contribution in [3.8, 4) is 0 Å². The number of nitrogens with zero attached hydrogens (tertiary/aromatic N) is 4. The number of benzene rings is 1. The summed E-state index contributed by atoms with van der Waals surface area (Å²) in [6, 6.07) is 10.5. The predicted molar refractivity (Wildman–Crippen MR) is 105 cm³/mol. The molecular formula is C20H23N5OS. The average Bonchev–Trinajstić information content (AvgIpc) is 3.36. The Morgan fingerprint density at radius 3 is 2.96 bits per heavy atom. The van der Waals surface area contributed by atoms with E-state index in [1.54, 1.807) is 6.33 Å². The van der Waals surface area contributed by atoms with Gasteiger partial charge in [-0.15, -0.1) is 5.10 Å². The van der Waals surface area contributed by atoms with Gasteiger partial charge in [-0.1, -0.05) is 48.2 Å². The van der Waals surface area contributed by atoms with E-state index < -0.39 is 0 Å². The molecule has 1 aliphatic rings. The fourth-order valence-corrected chi connectivity index (χ4v) is 4.38. The second kappa shape index (κ2) is 8.00. The lowest BCUT2D eigenvalue weighted by Gasteiger charge is -2.32. The lowest BCUT2D eigenvalue weighted by Crippen LogP contribution is -2.38. The monoisotopic (exact) mass is 381 g/mol. The van der Waals surface area contributed by atoms with E-state index in [-0.39, 0.29) is 11.8 Å². The number of imidazole rings is 1. The number of hydrogen-bond donors (Lipinski definition) is 1. The van der Waals surface area contributed by atoms with Crippen molar-refractivity contribution in [2.45, 2.75) is 45.1 Å². The molecule has 0 spiro atoms. The van der Waals surface area contributed by atoms with E-state index in [0.717, 1.165) is 42.8 Å². The number of aromatic nitrogens is 4. The molecule has 1 atom stereocenters. The molecule has 2 aromatic heterocycles. The summed E-state index contributed by atoms with van der Waals surface area (Å²) in [4.78, 5) is 23.5. The van der Waals surface area contributed by atoms with E-state index in [1.165, 1.54) is 17.1 Å². The number of hydrogen-bond acceptors (Lipinski definition) is 5. The molecule has 3 heterocycles. The molecule has 0 saturated heterocycles. The van der Waals surface area contributed by atoms with Gasteiger partial charge in [0.25, 0.3) is 5.91 Å². The van der Waals surface area contributed by atoms with Crippen LogP contribution in [0.2, 0.25) is 0 Å². The molecule has 1 amide bonds. The molecule has 27 heavy (non-hydrogen) atoms. The van der Waals surface area contributed by atoms with E-state index in [2.05, 4.69) is 50.7 Å². The van der Waals surface area contributed by atoms with Crippen molar-refractivity contribution in [2.75, 3.05) is 6.54 Å². The van der Waals surface area contributed by atoms with Crippen LogP contribution in [0, 0.1) is 0 Å². The predicted octanol–water partition coefficient (Wildman–Crippen LogP) is 3.59. The molecule has 1 aromatic carbocycles. The molecule has 0 fully saturated rings. The Morgan fingerprint density at radius 1 is 1.30 bits per heavy atom. The standard InChI is InChI=1S/C20H23N5OS/c1-2-6-16-19(27-24-23-16)20(26)25-11-15(18-17(12-25)21-13-22-18)10-9-14-7-4-3-5-8-14/h3-5,7-8,13,15H,2,6,9-12H2,1H3,(H,21,22). The van der Waals surface area contributed by atoms with Crippen LogP contribution in [0.15, 0.2) is 36.7 Å². The molecule has 1 unspecified atom stereocenters. The van der Waals surface area contributed by atoms with Crippen LogP contribution in [-0.4, -0.2) is 36.9 Å². The molecule has 6 nitrogen and oxygen atoms in total. The van der Waals surface area contributed by atoms with Crippen LogP contribution in [0.3, 0.4) is 0 Å². The van der Waals surface area contributed by atoms with Crippen LogP contribution in [0.4, 0.5) is 0 Å². The van der Waals surface area contributed by atoms with E-state index in [1.807, 2.05) is 11.0 Å². The molecule has 0 aliphatic carbocycles. The number of aromatic amines is 1. The first-order valence-corrected chi connectivity index (χ1v) is 10.2. The minimum absolute atomic E-state index is 0.0402. The third-order valence-electron chi connectivity index (χ3n) is 5.08. The van der Waals surface area contributed by atoms with Gasteiger partial charge in [-0.2, -0.15) is 0 Å². The number of rotatable bonds is 6. The highest BCUT2D eigenvalue weighted by molar-refractivity contribution is 7.08. The first kappa shape index (κ1) is 17.9. The van der Waals surface area contributed by atoms with E-state index in [0.29, 0.717) is 18.0 Å². The van der Waals surface area contributed by atoms with Gasteiger partial charge in [-0.25, -0.2) is 4.98 Å². The Kier molecular flexibility index (Phi) is 5.29. The fourth-order valence-electron chi connectivity index (χ4n) is 3.70. The summed E-state index contributed by atoms with van der Waals surface area (Å²) >= 11 is 1.21. The summed E-state index contributed by atoms with van der Waals surface area (Å²) in [5.74, 6) is 0.276. The minimum Gasteiger partial charge on any atom is -0.347 e. The number of aryl methyl sites for hydroxylation is 2. The van der Waals surface area contributed by atoms with Crippen LogP contribution < -0.4 is 0 Å². The molecule has 7 heteroatoms. The van der Waals surface area contributed by atoms with E-state index in [4.69, 9.17) is 0 Å². The SMILES string of the molecule is CCCc1nnsc1C(=O)N1Cc2[nH]cnc2C(CCc2ccccc2)C1. The zero-order valence-corrected chi connectivity index (χ0v) is 16.2. The summed E-state index contributed by atoms with van der Waals surface area (Å²) in [7, 11) is 0. The summed E-state index contributed by atoms with van der Waals surface area (Å²) in [5.41, 5.74) is 4.28. The maximum absolute atomic E-state index is 13.1. The van der Waals surface area contributed by atoms with Crippen LogP contribution >= 0.6 is 11.5 Å². The number of nitrogens with one attached hydrogen (secondary N) is 1. The number of fused-ring (bicyclic) bond motifs is 1. The molecule has 3 aromatic rings. The van der Waals surface area contributed by atoms with Gasteiger partial charge in [0.15, 0.2) is 0 Å². The van der Waals surface area contributed by atoms with E-state index >= 15 is 0 Å². The van der Waals surface area contributed by atoms with Gasteiger partial charge in [-0.05, 0) is 36.4 Å². The van der Waals surface area contributed by atoms with Crippen LogP contribution in [-0.2, 0) is 19.4 Å². The highest BCUT2D eigenvalue weighted by Gasteiger charge is 2.32.